The van der Waals surface area contributed by atoms with Crippen molar-refractivity contribution in [2.24, 2.45) is 0 Å². The number of hydrogen-bond acceptors (Lipinski definition) is 3. The second-order valence-corrected chi connectivity index (χ2v) is 14.1. The van der Waals surface area contributed by atoms with Gasteiger partial charge in [0.2, 0.25) is 0 Å². The quantitative estimate of drug-likeness (QED) is 0.793. The molecular formula is C16H21O3PS. The molecule has 0 N–H and O–H groups in total. The van der Waals surface area contributed by atoms with Crippen LogP contribution in [-0.4, -0.2) is 28.4 Å². The summed E-state index contributed by atoms with van der Waals surface area (Å²) < 4.78 is 30.5. The van der Waals surface area contributed by atoms with Gasteiger partial charge in [0.15, 0.2) is 0 Å². The van der Waals surface area contributed by atoms with Gasteiger partial charge in [0.1, 0.15) is 0 Å². The Kier molecular flexibility index (Phi) is 4.25. The van der Waals surface area contributed by atoms with Crippen molar-refractivity contribution in [1.29, 1.82) is 0 Å². The van der Waals surface area contributed by atoms with Gasteiger partial charge in [-0.25, -0.2) is 0 Å². The molecule has 2 aromatic rings. The number of rotatable bonds is 5. The Hall–Kier alpha value is -1.22. The molecule has 0 radical (unpaired) electrons. The fourth-order valence-corrected chi connectivity index (χ4v) is 7.71. The molecule has 2 rings (SSSR count). The van der Waals surface area contributed by atoms with Crippen LogP contribution < -0.4 is 5.30 Å². The summed E-state index contributed by atoms with van der Waals surface area (Å²) in [5, 5.41) is 0.945. The van der Waals surface area contributed by atoms with E-state index in [1.807, 2.05) is 68.5 Å². The third kappa shape index (κ3) is 4.37. The van der Waals surface area contributed by atoms with Gasteiger partial charge in [-0.3, -0.25) is 0 Å². The monoisotopic (exact) mass is 324 g/mol. The molecule has 2 aromatic carbocycles. The zero-order valence-corrected chi connectivity index (χ0v) is 14.3. The Morgan fingerprint density at radius 3 is 1.86 bits per heavy atom. The van der Waals surface area contributed by atoms with E-state index in [0.29, 0.717) is 0 Å². The molecule has 0 saturated heterocycles. The van der Waals surface area contributed by atoms with E-state index in [-0.39, 0.29) is 5.75 Å². The second-order valence-electron chi connectivity index (χ2n) is 6.25. The summed E-state index contributed by atoms with van der Waals surface area (Å²) in [6, 6.07) is 18.7. The van der Waals surface area contributed by atoms with Crippen LogP contribution in [0, 0.1) is 0 Å². The molecule has 114 valence electrons. The molecule has 0 unspecified atom stereocenters. The van der Waals surface area contributed by atoms with Gasteiger partial charge < -0.3 is 0 Å². The van der Waals surface area contributed by atoms with Crippen molar-refractivity contribution in [3.8, 4) is 0 Å². The van der Waals surface area contributed by atoms with Crippen LogP contribution >= 0.6 is 6.83 Å². The van der Waals surface area contributed by atoms with E-state index in [4.69, 9.17) is 3.97 Å². The van der Waals surface area contributed by atoms with Crippen molar-refractivity contribution in [2.75, 3.05) is 20.0 Å². The van der Waals surface area contributed by atoms with E-state index in [2.05, 4.69) is 0 Å². The normalized spacial score (nSPS) is 14.3. The van der Waals surface area contributed by atoms with Gasteiger partial charge in [-0.15, -0.1) is 0 Å². The van der Waals surface area contributed by atoms with E-state index in [1.54, 1.807) is 12.1 Å². The third-order valence-corrected chi connectivity index (χ3v) is 8.94. The van der Waals surface area contributed by atoms with Crippen molar-refractivity contribution in [3.63, 3.8) is 0 Å². The third-order valence-electron chi connectivity index (χ3n) is 3.20. The van der Waals surface area contributed by atoms with E-state index in [1.165, 1.54) is 0 Å². The van der Waals surface area contributed by atoms with E-state index in [0.717, 1.165) is 10.9 Å². The zero-order valence-electron chi connectivity index (χ0n) is 12.6. The molecule has 0 bridgehead atoms. The fraction of sp³-hybridized carbons (Fsp3) is 0.250. The Morgan fingerprint density at radius 2 is 1.33 bits per heavy atom. The summed E-state index contributed by atoms with van der Waals surface area (Å²) >= 11 is 0. The van der Waals surface area contributed by atoms with Crippen LogP contribution in [0.25, 0.3) is 0 Å². The summed E-state index contributed by atoms with van der Waals surface area (Å²) in [5.74, 6) is -0.103. The molecule has 0 aliphatic heterocycles. The molecule has 0 atom stereocenters. The molecule has 0 aliphatic rings. The van der Waals surface area contributed by atoms with Gasteiger partial charge in [0.25, 0.3) is 0 Å². The first kappa shape index (κ1) is 16.2. The first-order valence-corrected chi connectivity index (χ1v) is 11.8. The number of benzene rings is 2. The van der Waals surface area contributed by atoms with E-state index >= 15 is 0 Å². The van der Waals surface area contributed by atoms with Crippen LogP contribution in [0.3, 0.4) is 0 Å². The maximum atomic E-state index is 12.4. The topological polar surface area (TPSA) is 43.4 Å². The van der Waals surface area contributed by atoms with E-state index in [9.17, 15) is 8.42 Å². The molecule has 0 aliphatic carbocycles. The zero-order chi connectivity index (χ0) is 15.6. The molecule has 0 aromatic heterocycles. The summed E-state index contributed by atoms with van der Waals surface area (Å²) in [6.07, 6.45) is 0. The molecule has 5 heteroatoms. The van der Waals surface area contributed by atoms with Crippen molar-refractivity contribution < 1.29 is 12.4 Å². The van der Waals surface area contributed by atoms with Crippen molar-refractivity contribution in [2.45, 2.75) is 5.75 Å². The standard InChI is InChI=1S/C16H21O3PS/c1-20(2,3,16-12-8-5-9-13-16)19-21(17,18)14-15-10-6-4-7-11-15/h4-13H,14H2,1-3H3. The number of hydrogen-bond donors (Lipinski definition) is 0. The summed E-state index contributed by atoms with van der Waals surface area (Å²) in [7, 11) is -3.64. The van der Waals surface area contributed by atoms with Gasteiger partial charge in [-0.05, 0) is 0 Å². The summed E-state index contributed by atoms with van der Waals surface area (Å²) in [4.78, 5) is 0. The predicted octanol–water partition coefficient (Wildman–Crippen LogP) is 3.22. The molecular weight excluding hydrogens is 303 g/mol. The van der Waals surface area contributed by atoms with Crippen molar-refractivity contribution in [3.05, 3.63) is 66.2 Å². The van der Waals surface area contributed by atoms with Crippen LogP contribution in [0.4, 0.5) is 0 Å². The second kappa shape index (κ2) is 5.53. The average molecular weight is 324 g/mol. The molecule has 0 heterocycles. The minimum atomic E-state index is -3.64. The van der Waals surface area contributed by atoms with Crippen LogP contribution in [0.1, 0.15) is 5.56 Å². The van der Waals surface area contributed by atoms with Gasteiger partial charge in [-0.1, -0.05) is 0 Å². The molecule has 21 heavy (non-hydrogen) atoms. The summed E-state index contributed by atoms with van der Waals surface area (Å²) in [6.45, 7) is 2.78. The minimum absolute atomic E-state index is 0.103. The van der Waals surface area contributed by atoms with E-state index < -0.39 is 16.9 Å². The molecule has 3 nitrogen and oxygen atoms in total. The predicted molar refractivity (Wildman–Crippen MR) is 90.9 cm³/mol. The van der Waals surface area contributed by atoms with Crippen LogP contribution in [0.2, 0.25) is 0 Å². The molecule has 0 amide bonds. The van der Waals surface area contributed by atoms with Gasteiger partial charge in [0, 0.05) is 0 Å². The Bertz CT molecular complexity index is 701. The first-order valence-electron chi connectivity index (χ1n) is 6.71. The molecule has 0 fully saturated rings. The Labute approximate surface area is 127 Å². The van der Waals surface area contributed by atoms with Gasteiger partial charge >= 0.3 is 127 Å². The Morgan fingerprint density at radius 1 is 0.857 bits per heavy atom. The van der Waals surface area contributed by atoms with Crippen LogP contribution in [0.5, 0.6) is 0 Å². The maximum absolute atomic E-state index is 12.4. The van der Waals surface area contributed by atoms with Crippen LogP contribution in [0.15, 0.2) is 60.7 Å². The summed E-state index contributed by atoms with van der Waals surface area (Å²) in [5.41, 5.74) is 0.734. The Balaban J connectivity index is 2.27. The van der Waals surface area contributed by atoms with Crippen LogP contribution in [-0.2, 0) is 19.8 Å². The molecule has 0 spiro atoms. The fourth-order valence-electron chi connectivity index (χ4n) is 2.18. The van der Waals surface area contributed by atoms with Gasteiger partial charge in [-0.2, -0.15) is 0 Å². The first-order chi connectivity index (χ1) is 9.66. The molecule has 0 saturated carbocycles. The average Bonchev–Trinajstić information content (AvgIpc) is 2.38. The SMILES string of the molecule is CP(C)(C)(OS(=O)(=O)Cc1ccccc1)c1ccccc1. The van der Waals surface area contributed by atoms with Crippen molar-refractivity contribution >= 4 is 22.3 Å². The van der Waals surface area contributed by atoms with Gasteiger partial charge in [0.05, 0.1) is 0 Å². The van der Waals surface area contributed by atoms with Crippen molar-refractivity contribution in [1.82, 2.24) is 0 Å².